The molecule has 0 unspecified atom stereocenters. The van der Waals surface area contributed by atoms with Gasteiger partial charge in [-0.1, -0.05) is 32.0 Å². The molecule has 0 amide bonds. The lowest BCUT2D eigenvalue weighted by atomic mass is 9.95. The second-order valence-corrected chi connectivity index (χ2v) is 4.91. The van der Waals surface area contributed by atoms with E-state index < -0.39 is 0 Å². The van der Waals surface area contributed by atoms with Crippen molar-refractivity contribution in [3.63, 3.8) is 0 Å². The predicted octanol–water partition coefficient (Wildman–Crippen LogP) is 2.57. The Bertz CT molecular complexity index is 375. The van der Waals surface area contributed by atoms with Crippen LogP contribution >= 0.6 is 0 Å². The third-order valence-electron chi connectivity index (χ3n) is 2.57. The SMILES string of the molecule is CC1(C)COC(c2cccc(C=O)c2)OC1. The van der Waals surface area contributed by atoms with E-state index in [1.54, 1.807) is 12.1 Å². The molecule has 0 radical (unpaired) electrons. The average molecular weight is 220 g/mol. The third-order valence-corrected chi connectivity index (χ3v) is 2.57. The van der Waals surface area contributed by atoms with E-state index in [2.05, 4.69) is 13.8 Å². The zero-order valence-corrected chi connectivity index (χ0v) is 9.60. The minimum absolute atomic E-state index is 0.0682. The van der Waals surface area contributed by atoms with Gasteiger partial charge in [0, 0.05) is 16.5 Å². The van der Waals surface area contributed by atoms with Gasteiger partial charge in [-0.3, -0.25) is 4.79 Å². The molecule has 0 saturated carbocycles. The maximum Gasteiger partial charge on any atom is 0.183 e. The largest absolute Gasteiger partial charge is 0.348 e. The van der Waals surface area contributed by atoms with Crippen LogP contribution in [0.5, 0.6) is 0 Å². The van der Waals surface area contributed by atoms with E-state index in [1.165, 1.54) is 0 Å². The maximum absolute atomic E-state index is 10.7. The molecule has 3 heteroatoms. The second kappa shape index (κ2) is 4.36. The van der Waals surface area contributed by atoms with Crippen LogP contribution in [0.4, 0.5) is 0 Å². The van der Waals surface area contributed by atoms with E-state index in [0.29, 0.717) is 18.8 Å². The molecule has 2 rings (SSSR count). The summed E-state index contributed by atoms with van der Waals surface area (Å²) in [5.41, 5.74) is 1.62. The van der Waals surface area contributed by atoms with Gasteiger partial charge in [0.05, 0.1) is 13.2 Å². The Hall–Kier alpha value is -1.19. The van der Waals surface area contributed by atoms with Crippen molar-refractivity contribution in [1.82, 2.24) is 0 Å². The molecule has 0 aromatic heterocycles. The van der Waals surface area contributed by atoms with Gasteiger partial charge in [0.15, 0.2) is 6.29 Å². The molecule has 0 N–H and O–H groups in total. The fraction of sp³-hybridized carbons (Fsp3) is 0.462. The number of carbonyl (C=O) groups is 1. The molecular weight excluding hydrogens is 204 g/mol. The molecule has 0 spiro atoms. The summed E-state index contributed by atoms with van der Waals surface area (Å²) in [5.74, 6) is 0. The molecule has 1 aliphatic rings. The quantitative estimate of drug-likeness (QED) is 0.718. The van der Waals surface area contributed by atoms with Crippen LogP contribution in [0.3, 0.4) is 0 Å². The lowest BCUT2D eigenvalue weighted by molar-refractivity contribution is -0.226. The van der Waals surface area contributed by atoms with Crippen molar-refractivity contribution in [2.24, 2.45) is 5.41 Å². The molecule has 0 aliphatic carbocycles. The third kappa shape index (κ3) is 2.49. The van der Waals surface area contributed by atoms with Gasteiger partial charge in [0.25, 0.3) is 0 Å². The molecule has 1 saturated heterocycles. The molecule has 1 aliphatic heterocycles. The number of rotatable bonds is 2. The topological polar surface area (TPSA) is 35.5 Å². The van der Waals surface area contributed by atoms with Gasteiger partial charge >= 0.3 is 0 Å². The fourth-order valence-corrected chi connectivity index (χ4v) is 1.66. The highest BCUT2D eigenvalue weighted by atomic mass is 16.7. The summed E-state index contributed by atoms with van der Waals surface area (Å²) in [6, 6.07) is 7.32. The second-order valence-electron chi connectivity index (χ2n) is 4.91. The Balaban J connectivity index is 2.11. The van der Waals surface area contributed by atoms with Crippen molar-refractivity contribution in [2.45, 2.75) is 20.1 Å². The summed E-state index contributed by atoms with van der Waals surface area (Å²) >= 11 is 0. The Kier molecular flexibility index (Phi) is 3.08. The molecule has 3 nitrogen and oxygen atoms in total. The summed E-state index contributed by atoms with van der Waals surface area (Å²) in [7, 11) is 0. The van der Waals surface area contributed by atoms with Crippen LogP contribution in [0, 0.1) is 5.41 Å². The Labute approximate surface area is 95.4 Å². The van der Waals surface area contributed by atoms with Gasteiger partial charge in [-0.05, 0) is 6.07 Å². The van der Waals surface area contributed by atoms with Gasteiger partial charge in [0.1, 0.15) is 6.29 Å². The Morgan fingerprint density at radius 3 is 2.62 bits per heavy atom. The fourth-order valence-electron chi connectivity index (χ4n) is 1.66. The van der Waals surface area contributed by atoms with Crippen molar-refractivity contribution in [1.29, 1.82) is 0 Å². The van der Waals surface area contributed by atoms with Crippen LogP contribution in [0.25, 0.3) is 0 Å². The minimum atomic E-state index is -0.340. The van der Waals surface area contributed by atoms with E-state index in [9.17, 15) is 4.79 Å². The van der Waals surface area contributed by atoms with Gasteiger partial charge in [-0.15, -0.1) is 0 Å². The van der Waals surface area contributed by atoms with Gasteiger partial charge in [-0.25, -0.2) is 0 Å². The zero-order chi connectivity index (χ0) is 11.6. The monoisotopic (exact) mass is 220 g/mol. The molecule has 1 fully saturated rings. The number of benzene rings is 1. The number of hydrogen-bond donors (Lipinski definition) is 0. The molecule has 86 valence electrons. The first kappa shape index (κ1) is 11.3. The number of aldehydes is 1. The number of ether oxygens (including phenoxy) is 2. The van der Waals surface area contributed by atoms with E-state index in [1.807, 2.05) is 12.1 Å². The van der Waals surface area contributed by atoms with E-state index in [0.717, 1.165) is 11.8 Å². The summed E-state index contributed by atoms with van der Waals surface area (Å²) in [6.07, 6.45) is 0.490. The molecule has 0 bridgehead atoms. The lowest BCUT2D eigenvalue weighted by Gasteiger charge is -2.34. The van der Waals surface area contributed by atoms with Crippen molar-refractivity contribution in [2.75, 3.05) is 13.2 Å². The maximum atomic E-state index is 10.7. The van der Waals surface area contributed by atoms with Crippen molar-refractivity contribution in [3.8, 4) is 0 Å². The van der Waals surface area contributed by atoms with Gasteiger partial charge < -0.3 is 9.47 Å². The Morgan fingerprint density at radius 2 is 2.00 bits per heavy atom. The van der Waals surface area contributed by atoms with Crippen LogP contribution in [0.2, 0.25) is 0 Å². The number of carbonyl (C=O) groups excluding carboxylic acids is 1. The lowest BCUT2D eigenvalue weighted by Crippen LogP contribution is -2.33. The van der Waals surface area contributed by atoms with Gasteiger partial charge in [-0.2, -0.15) is 0 Å². The van der Waals surface area contributed by atoms with Crippen molar-refractivity contribution >= 4 is 6.29 Å². The first-order valence-corrected chi connectivity index (χ1v) is 5.39. The molecule has 1 heterocycles. The standard InChI is InChI=1S/C13H16O3/c1-13(2)8-15-12(16-9-13)11-5-3-4-10(6-11)7-14/h3-7,12H,8-9H2,1-2H3. The van der Waals surface area contributed by atoms with Crippen LogP contribution in [-0.4, -0.2) is 19.5 Å². The first-order valence-electron chi connectivity index (χ1n) is 5.39. The van der Waals surface area contributed by atoms with Crippen LogP contribution in [0.15, 0.2) is 24.3 Å². The van der Waals surface area contributed by atoms with E-state index in [4.69, 9.17) is 9.47 Å². The normalized spacial score (nSPS) is 20.6. The molecule has 16 heavy (non-hydrogen) atoms. The number of hydrogen-bond acceptors (Lipinski definition) is 3. The minimum Gasteiger partial charge on any atom is -0.348 e. The molecule has 1 aromatic rings. The molecule has 1 aromatic carbocycles. The molecule has 0 atom stereocenters. The average Bonchev–Trinajstić information content (AvgIpc) is 2.29. The summed E-state index contributed by atoms with van der Waals surface area (Å²) in [6.45, 7) is 5.54. The smallest absolute Gasteiger partial charge is 0.183 e. The van der Waals surface area contributed by atoms with Crippen molar-refractivity contribution in [3.05, 3.63) is 35.4 Å². The van der Waals surface area contributed by atoms with Gasteiger partial charge in [0.2, 0.25) is 0 Å². The summed E-state index contributed by atoms with van der Waals surface area (Å²) < 4.78 is 11.3. The zero-order valence-electron chi connectivity index (χ0n) is 9.60. The highest BCUT2D eigenvalue weighted by Gasteiger charge is 2.29. The summed E-state index contributed by atoms with van der Waals surface area (Å²) in [4.78, 5) is 10.7. The highest BCUT2D eigenvalue weighted by molar-refractivity contribution is 5.74. The highest BCUT2D eigenvalue weighted by Crippen LogP contribution is 2.30. The van der Waals surface area contributed by atoms with E-state index >= 15 is 0 Å². The Morgan fingerprint density at radius 1 is 1.31 bits per heavy atom. The predicted molar refractivity (Wildman–Crippen MR) is 60.3 cm³/mol. The van der Waals surface area contributed by atoms with Crippen LogP contribution in [0.1, 0.15) is 36.1 Å². The van der Waals surface area contributed by atoms with E-state index in [-0.39, 0.29) is 11.7 Å². The first-order chi connectivity index (χ1) is 7.61. The van der Waals surface area contributed by atoms with Crippen LogP contribution < -0.4 is 0 Å². The van der Waals surface area contributed by atoms with Crippen LogP contribution in [-0.2, 0) is 9.47 Å². The van der Waals surface area contributed by atoms with Crippen molar-refractivity contribution < 1.29 is 14.3 Å². The molecular formula is C13H16O3. The summed E-state index contributed by atoms with van der Waals surface area (Å²) in [5, 5.41) is 0.